The molecular formula is C16H23N5OS. The lowest BCUT2D eigenvalue weighted by atomic mass is 10.0. The Morgan fingerprint density at radius 2 is 2.39 bits per heavy atom. The Morgan fingerprint density at radius 1 is 1.57 bits per heavy atom. The van der Waals surface area contributed by atoms with Gasteiger partial charge in [-0.15, -0.1) is 11.3 Å². The summed E-state index contributed by atoms with van der Waals surface area (Å²) in [5.41, 5.74) is 2.25. The molecule has 124 valence electrons. The Kier molecular flexibility index (Phi) is 4.66. The number of hydrogen-bond donors (Lipinski definition) is 1. The highest BCUT2D eigenvalue weighted by Gasteiger charge is 2.27. The van der Waals surface area contributed by atoms with E-state index in [0.29, 0.717) is 5.92 Å². The van der Waals surface area contributed by atoms with Gasteiger partial charge in [-0.2, -0.15) is 5.10 Å². The van der Waals surface area contributed by atoms with Crippen molar-refractivity contribution in [2.45, 2.75) is 32.7 Å². The summed E-state index contributed by atoms with van der Waals surface area (Å²) in [6, 6.07) is -0.0300. The van der Waals surface area contributed by atoms with E-state index in [1.54, 1.807) is 11.3 Å². The number of likely N-dealkylation sites (tertiary alicyclic amines) is 1. The zero-order chi connectivity index (χ0) is 16.4. The van der Waals surface area contributed by atoms with Crippen molar-refractivity contribution < 1.29 is 4.79 Å². The van der Waals surface area contributed by atoms with Crippen molar-refractivity contribution in [2.24, 2.45) is 13.0 Å². The SMILES string of the molecule is Cc1csc([C@@H](C)NC(=O)N2CC[C@@H](Cc3cnn(C)c3)C2)n1. The minimum atomic E-state index is -0.0430. The van der Waals surface area contributed by atoms with Gasteiger partial charge >= 0.3 is 6.03 Å². The van der Waals surface area contributed by atoms with Crippen LogP contribution in [0.15, 0.2) is 17.8 Å². The Balaban J connectivity index is 1.51. The molecule has 0 saturated carbocycles. The minimum Gasteiger partial charge on any atom is -0.329 e. The highest BCUT2D eigenvalue weighted by Crippen LogP contribution is 2.22. The molecule has 1 aliphatic rings. The van der Waals surface area contributed by atoms with E-state index < -0.39 is 0 Å². The number of carbonyl (C=O) groups is 1. The number of rotatable bonds is 4. The molecule has 2 aromatic rings. The Hall–Kier alpha value is -1.89. The van der Waals surface area contributed by atoms with Crippen LogP contribution in [0.5, 0.6) is 0 Å². The average Bonchev–Trinajstić information content (AvgIpc) is 3.21. The fourth-order valence-electron chi connectivity index (χ4n) is 3.00. The molecule has 1 aliphatic heterocycles. The van der Waals surface area contributed by atoms with E-state index in [-0.39, 0.29) is 12.1 Å². The lowest BCUT2D eigenvalue weighted by molar-refractivity contribution is 0.203. The van der Waals surface area contributed by atoms with Crippen molar-refractivity contribution in [3.63, 3.8) is 0 Å². The molecule has 2 atom stereocenters. The molecule has 0 aliphatic carbocycles. The van der Waals surface area contributed by atoms with Crippen molar-refractivity contribution in [2.75, 3.05) is 13.1 Å². The molecule has 7 heteroatoms. The highest BCUT2D eigenvalue weighted by atomic mass is 32.1. The second-order valence-corrected chi connectivity index (χ2v) is 7.22. The largest absolute Gasteiger partial charge is 0.329 e. The van der Waals surface area contributed by atoms with E-state index in [4.69, 9.17) is 0 Å². The molecule has 2 aromatic heterocycles. The summed E-state index contributed by atoms with van der Waals surface area (Å²) in [5.74, 6) is 0.516. The number of amides is 2. The van der Waals surface area contributed by atoms with E-state index >= 15 is 0 Å². The van der Waals surface area contributed by atoms with Crippen LogP contribution in [0.2, 0.25) is 0 Å². The van der Waals surface area contributed by atoms with E-state index in [1.165, 1.54) is 5.56 Å². The average molecular weight is 333 g/mol. The number of aromatic nitrogens is 3. The fraction of sp³-hybridized carbons (Fsp3) is 0.562. The summed E-state index contributed by atoms with van der Waals surface area (Å²) in [4.78, 5) is 18.8. The molecule has 3 heterocycles. The maximum absolute atomic E-state index is 12.4. The van der Waals surface area contributed by atoms with E-state index in [1.807, 2.05) is 42.1 Å². The van der Waals surface area contributed by atoms with Crippen LogP contribution in [0, 0.1) is 12.8 Å². The van der Waals surface area contributed by atoms with Gasteiger partial charge in [0.05, 0.1) is 12.2 Å². The summed E-state index contributed by atoms with van der Waals surface area (Å²) in [6.45, 7) is 5.59. The molecule has 0 radical (unpaired) electrons. The first-order valence-corrected chi connectivity index (χ1v) is 8.84. The van der Waals surface area contributed by atoms with Crippen LogP contribution < -0.4 is 5.32 Å². The van der Waals surface area contributed by atoms with Crippen molar-refractivity contribution in [3.05, 3.63) is 34.0 Å². The van der Waals surface area contributed by atoms with Crippen LogP contribution in [-0.4, -0.2) is 38.8 Å². The van der Waals surface area contributed by atoms with Crippen LogP contribution in [-0.2, 0) is 13.5 Å². The van der Waals surface area contributed by atoms with Crippen LogP contribution in [0.4, 0.5) is 4.79 Å². The summed E-state index contributed by atoms with van der Waals surface area (Å²) >= 11 is 1.59. The first-order valence-electron chi connectivity index (χ1n) is 7.96. The summed E-state index contributed by atoms with van der Waals surface area (Å²) in [5, 5.41) is 10.2. The zero-order valence-electron chi connectivity index (χ0n) is 13.8. The lowest BCUT2D eigenvalue weighted by Gasteiger charge is -2.20. The zero-order valence-corrected chi connectivity index (χ0v) is 14.6. The van der Waals surface area contributed by atoms with Crippen molar-refractivity contribution in [1.82, 2.24) is 25.0 Å². The van der Waals surface area contributed by atoms with Crippen LogP contribution in [0.1, 0.15) is 35.7 Å². The molecule has 1 N–H and O–H groups in total. The lowest BCUT2D eigenvalue weighted by Crippen LogP contribution is -2.39. The molecule has 1 saturated heterocycles. The minimum absolute atomic E-state index is 0.0130. The topological polar surface area (TPSA) is 63.1 Å². The second-order valence-electron chi connectivity index (χ2n) is 6.33. The van der Waals surface area contributed by atoms with E-state index in [0.717, 1.165) is 36.6 Å². The summed E-state index contributed by atoms with van der Waals surface area (Å²) in [7, 11) is 1.93. The third-order valence-electron chi connectivity index (χ3n) is 4.20. The third kappa shape index (κ3) is 3.90. The van der Waals surface area contributed by atoms with Crippen LogP contribution in [0.3, 0.4) is 0 Å². The quantitative estimate of drug-likeness (QED) is 0.935. The number of urea groups is 1. The van der Waals surface area contributed by atoms with Crippen LogP contribution >= 0.6 is 11.3 Å². The molecule has 1 fully saturated rings. The second kappa shape index (κ2) is 6.70. The Morgan fingerprint density at radius 3 is 3.04 bits per heavy atom. The van der Waals surface area contributed by atoms with Gasteiger partial charge in [-0.25, -0.2) is 9.78 Å². The van der Waals surface area contributed by atoms with E-state index in [2.05, 4.69) is 21.6 Å². The molecule has 0 bridgehead atoms. The predicted octanol–water partition coefficient (Wildman–Crippen LogP) is 2.52. The summed E-state index contributed by atoms with van der Waals surface area (Å²) in [6.07, 6.45) is 6.00. The van der Waals surface area contributed by atoms with Gasteiger partial charge in [0.2, 0.25) is 0 Å². The molecule has 0 spiro atoms. The molecule has 6 nitrogen and oxygen atoms in total. The van der Waals surface area contributed by atoms with Gasteiger partial charge in [0, 0.05) is 37.4 Å². The van der Waals surface area contributed by atoms with Crippen molar-refractivity contribution in [1.29, 1.82) is 0 Å². The maximum atomic E-state index is 12.4. The molecule has 0 unspecified atom stereocenters. The smallest absolute Gasteiger partial charge is 0.317 e. The molecular weight excluding hydrogens is 310 g/mol. The normalized spacial score (nSPS) is 19.1. The van der Waals surface area contributed by atoms with Crippen LogP contribution in [0.25, 0.3) is 0 Å². The molecule has 23 heavy (non-hydrogen) atoms. The first-order chi connectivity index (χ1) is 11.0. The number of aryl methyl sites for hydroxylation is 2. The van der Waals surface area contributed by atoms with Gasteiger partial charge in [0.1, 0.15) is 5.01 Å². The summed E-state index contributed by atoms with van der Waals surface area (Å²) < 4.78 is 1.83. The first kappa shape index (κ1) is 16.0. The van der Waals surface area contributed by atoms with Gasteiger partial charge in [-0.1, -0.05) is 0 Å². The van der Waals surface area contributed by atoms with Gasteiger partial charge in [-0.05, 0) is 38.2 Å². The van der Waals surface area contributed by atoms with Gasteiger partial charge in [0.15, 0.2) is 0 Å². The molecule has 2 amide bonds. The standard InChI is InChI=1S/C16H23N5OS/c1-11-10-23-15(18-11)12(2)19-16(22)21-5-4-13(9-21)6-14-7-17-20(3)8-14/h7-8,10,12-13H,4-6,9H2,1-3H3,(H,19,22)/t12-,13+/m1/s1. The van der Waals surface area contributed by atoms with Crippen molar-refractivity contribution >= 4 is 17.4 Å². The molecule has 3 rings (SSSR count). The highest BCUT2D eigenvalue weighted by molar-refractivity contribution is 7.09. The number of nitrogens with one attached hydrogen (secondary N) is 1. The fourth-order valence-corrected chi connectivity index (χ4v) is 3.81. The monoisotopic (exact) mass is 333 g/mol. The third-order valence-corrected chi connectivity index (χ3v) is 5.35. The maximum Gasteiger partial charge on any atom is 0.317 e. The number of nitrogens with zero attached hydrogens (tertiary/aromatic N) is 4. The van der Waals surface area contributed by atoms with E-state index in [9.17, 15) is 4.79 Å². The van der Waals surface area contributed by atoms with Gasteiger partial charge in [0.25, 0.3) is 0 Å². The molecule has 0 aromatic carbocycles. The number of carbonyl (C=O) groups excluding carboxylic acids is 1. The Labute approximate surface area is 140 Å². The number of hydrogen-bond acceptors (Lipinski definition) is 4. The predicted molar refractivity (Wildman–Crippen MR) is 90.4 cm³/mol. The van der Waals surface area contributed by atoms with Gasteiger partial charge in [-0.3, -0.25) is 4.68 Å². The van der Waals surface area contributed by atoms with Crippen molar-refractivity contribution in [3.8, 4) is 0 Å². The van der Waals surface area contributed by atoms with Gasteiger partial charge < -0.3 is 10.2 Å². The Bertz CT molecular complexity index is 680. The number of thiazole rings is 1.